The van der Waals surface area contributed by atoms with Crippen molar-refractivity contribution in [3.8, 4) is 0 Å². The topological polar surface area (TPSA) is 130 Å². The summed E-state index contributed by atoms with van der Waals surface area (Å²) in [4.78, 5) is 19.3. The molecule has 0 saturated carbocycles. The maximum atomic E-state index is 12.6. The van der Waals surface area contributed by atoms with Gasteiger partial charge in [-0.05, 0) is 48.9 Å². The summed E-state index contributed by atoms with van der Waals surface area (Å²) in [5, 5.41) is 18.1. The van der Waals surface area contributed by atoms with Gasteiger partial charge in [0.2, 0.25) is 21.7 Å². The van der Waals surface area contributed by atoms with Crippen molar-refractivity contribution in [1.29, 1.82) is 0 Å². The summed E-state index contributed by atoms with van der Waals surface area (Å²) >= 11 is 6.14. The van der Waals surface area contributed by atoms with Crippen LogP contribution in [0.25, 0.3) is 0 Å². The summed E-state index contributed by atoms with van der Waals surface area (Å²) in [5.41, 5.74) is 1.46. The SMILES string of the molecule is CCN(CC)S(=O)(=O)c1ccc(Nc2ncnc(Nc3ccc(C)c(Cl)c3)c2[N+](=O)[O-])cc1. The molecular formula is C21H23ClN6O4S. The molecule has 0 saturated heterocycles. The van der Waals surface area contributed by atoms with Gasteiger partial charge in [0.05, 0.1) is 9.82 Å². The molecule has 1 aromatic heterocycles. The van der Waals surface area contributed by atoms with Gasteiger partial charge in [-0.3, -0.25) is 10.1 Å². The number of benzene rings is 2. The number of anilines is 4. The average Bonchev–Trinajstić information content (AvgIpc) is 2.77. The lowest BCUT2D eigenvalue weighted by molar-refractivity contribution is -0.383. The van der Waals surface area contributed by atoms with Crippen molar-refractivity contribution in [3.63, 3.8) is 0 Å². The Hall–Kier alpha value is -3.28. The number of nitrogens with zero attached hydrogens (tertiary/aromatic N) is 4. The Morgan fingerprint density at radius 1 is 1.00 bits per heavy atom. The van der Waals surface area contributed by atoms with Crippen molar-refractivity contribution in [2.45, 2.75) is 25.7 Å². The molecule has 0 bridgehead atoms. The van der Waals surface area contributed by atoms with Crippen LogP contribution in [0.1, 0.15) is 19.4 Å². The van der Waals surface area contributed by atoms with Crippen molar-refractivity contribution in [1.82, 2.24) is 14.3 Å². The molecule has 0 aliphatic heterocycles. The van der Waals surface area contributed by atoms with Gasteiger partial charge >= 0.3 is 5.69 Å². The molecule has 0 amide bonds. The van der Waals surface area contributed by atoms with Crippen LogP contribution in [0, 0.1) is 17.0 Å². The summed E-state index contributed by atoms with van der Waals surface area (Å²) in [7, 11) is -3.61. The third-order valence-corrected chi connectivity index (χ3v) is 7.37. The van der Waals surface area contributed by atoms with Gasteiger partial charge in [-0.1, -0.05) is 31.5 Å². The lowest BCUT2D eigenvalue weighted by Crippen LogP contribution is -2.30. The third kappa shape index (κ3) is 5.38. The number of aryl methyl sites for hydroxylation is 1. The number of hydrogen-bond acceptors (Lipinski definition) is 8. The number of aromatic nitrogens is 2. The van der Waals surface area contributed by atoms with Gasteiger partial charge in [-0.15, -0.1) is 0 Å². The summed E-state index contributed by atoms with van der Waals surface area (Å²) in [6, 6.07) is 11.1. The van der Waals surface area contributed by atoms with E-state index in [0.717, 1.165) is 5.56 Å². The van der Waals surface area contributed by atoms with E-state index in [1.165, 1.54) is 34.9 Å². The van der Waals surface area contributed by atoms with Gasteiger partial charge in [0.1, 0.15) is 6.33 Å². The highest BCUT2D eigenvalue weighted by molar-refractivity contribution is 7.89. The summed E-state index contributed by atoms with van der Waals surface area (Å²) in [5.74, 6) is -0.0618. The highest BCUT2D eigenvalue weighted by Crippen LogP contribution is 2.34. The second-order valence-corrected chi connectivity index (χ2v) is 9.35. The first-order valence-corrected chi connectivity index (χ1v) is 11.9. The number of hydrogen-bond donors (Lipinski definition) is 2. The van der Waals surface area contributed by atoms with Gasteiger partial charge in [0.15, 0.2) is 0 Å². The monoisotopic (exact) mass is 490 g/mol. The van der Waals surface area contributed by atoms with E-state index in [0.29, 0.717) is 29.5 Å². The standard InChI is InChI=1S/C21H23ClN6O4S/c1-4-27(5-2)33(31,32)17-10-8-15(9-11-17)25-20-19(28(29)30)21(24-13-23-20)26-16-7-6-14(3)18(22)12-16/h6-13H,4-5H2,1-3H3,(H2,23,24,25,26). The van der Waals surface area contributed by atoms with E-state index in [1.807, 2.05) is 6.92 Å². The third-order valence-electron chi connectivity index (χ3n) is 4.90. The number of nitro groups is 1. The van der Waals surface area contributed by atoms with E-state index in [9.17, 15) is 18.5 Å². The summed E-state index contributed by atoms with van der Waals surface area (Å²) < 4.78 is 26.6. The first kappa shape index (κ1) is 24.4. The second kappa shape index (κ2) is 10.1. The lowest BCUT2D eigenvalue weighted by atomic mass is 10.2. The molecule has 2 N–H and O–H groups in total. The zero-order valence-corrected chi connectivity index (χ0v) is 19.8. The van der Waals surface area contributed by atoms with E-state index in [2.05, 4.69) is 20.6 Å². The minimum absolute atomic E-state index is 0.0156. The Morgan fingerprint density at radius 3 is 2.06 bits per heavy atom. The second-order valence-electron chi connectivity index (χ2n) is 7.00. The number of rotatable bonds is 9. The largest absolute Gasteiger partial charge is 0.353 e. The van der Waals surface area contributed by atoms with Gasteiger partial charge in [-0.25, -0.2) is 18.4 Å². The zero-order valence-electron chi connectivity index (χ0n) is 18.2. The Kier molecular flexibility index (Phi) is 7.46. The van der Waals surface area contributed by atoms with Crippen LogP contribution in [-0.4, -0.2) is 40.7 Å². The maximum Gasteiger partial charge on any atom is 0.353 e. The minimum atomic E-state index is -3.61. The molecule has 0 unspecified atom stereocenters. The van der Waals surface area contributed by atoms with Crippen molar-refractivity contribution < 1.29 is 13.3 Å². The molecule has 0 atom stereocenters. The van der Waals surface area contributed by atoms with Crippen molar-refractivity contribution in [2.24, 2.45) is 0 Å². The van der Waals surface area contributed by atoms with Gasteiger partial charge in [-0.2, -0.15) is 4.31 Å². The zero-order chi connectivity index (χ0) is 24.2. The van der Waals surface area contributed by atoms with Crippen LogP contribution in [0.3, 0.4) is 0 Å². The predicted molar refractivity (Wildman–Crippen MR) is 128 cm³/mol. The van der Waals surface area contributed by atoms with Crippen LogP contribution in [0.5, 0.6) is 0 Å². The fourth-order valence-electron chi connectivity index (χ4n) is 3.10. The molecule has 1 heterocycles. The molecule has 3 aromatic rings. The molecule has 0 aliphatic carbocycles. The summed E-state index contributed by atoms with van der Waals surface area (Å²) in [6.45, 7) is 6.09. The fraction of sp³-hybridized carbons (Fsp3) is 0.238. The van der Waals surface area contributed by atoms with Crippen LogP contribution in [0.4, 0.5) is 28.7 Å². The normalized spacial score (nSPS) is 11.4. The first-order chi connectivity index (χ1) is 15.7. The predicted octanol–water partition coefficient (Wildman–Crippen LogP) is 4.86. The molecule has 33 heavy (non-hydrogen) atoms. The molecule has 0 fully saturated rings. The molecule has 3 rings (SSSR count). The maximum absolute atomic E-state index is 12.6. The highest BCUT2D eigenvalue weighted by Gasteiger charge is 2.24. The number of sulfonamides is 1. The summed E-state index contributed by atoms with van der Waals surface area (Å²) in [6.07, 6.45) is 1.19. The van der Waals surface area contributed by atoms with Crippen LogP contribution >= 0.6 is 11.6 Å². The van der Waals surface area contributed by atoms with Crippen molar-refractivity contribution in [2.75, 3.05) is 23.7 Å². The molecule has 0 aliphatic rings. The van der Waals surface area contributed by atoms with Crippen LogP contribution < -0.4 is 10.6 Å². The van der Waals surface area contributed by atoms with E-state index >= 15 is 0 Å². The van der Waals surface area contributed by atoms with Gasteiger partial charge < -0.3 is 10.6 Å². The van der Waals surface area contributed by atoms with E-state index < -0.39 is 14.9 Å². The lowest BCUT2D eigenvalue weighted by Gasteiger charge is -2.18. The highest BCUT2D eigenvalue weighted by atomic mass is 35.5. The Balaban J connectivity index is 1.90. The molecule has 2 aromatic carbocycles. The van der Waals surface area contributed by atoms with Gasteiger partial charge in [0.25, 0.3) is 0 Å². The molecule has 0 radical (unpaired) electrons. The quantitative estimate of drug-likeness (QED) is 0.321. The van der Waals surface area contributed by atoms with Crippen LogP contribution in [0.2, 0.25) is 5.02 Å². The van der Waals surface area contributed by atoms with Crippen molar-refractivity contribution >= 4 is 50.3 Å². The first-order valence-electron chi connectivity index (χ1n) is 10.1. The molecular weight excluding hydrogens is 468 g/mol. The number of halogens is 1. The van der Waals surface area contributed by atoms with E-state index in [1.54, 1.807) is 32.0 Å². The van der Waals surface area contributed by atoms with E-state index in [-0.39, 0.29) is 22.2 Å². The Bertz CT molecular complexity index is 1260. The number of nitrogens with one attached hydrogen (secondary N) is 2. The Labute approximate surface area is 196 Å². The molecule has 174 valence electrons. The van der Waals surface area contributed by atoms with Gasteiger partial charge in [0, 0.05) is 29.5 Å². The van der Waals surface area contributed by atoms with E-state index in [4.69, 9.17) is 11.6 Å². The minimum Gasteiger partial charge on any atom is -0.334 e. The fourth-order valence-corrected chi connectivity index (χ4v) is 4.74. The average molecular weight is 491 g/mol. The molecule has 12 heteroatoms. The molecule has 10 nitrogen and oxygen atoms in total. The smallest absolute Gasteiger partial charge is 0.334 e. The Morgan fingerprint density at radius 2 is 1.55 bits per heavy atom. The van der Waals surface area contributed by atoms with Crippen LogP contribution in [-0.2, 0) is 10.0 Å². The van der Waals surface area contributed by atoms with Crippen LogP contribution in [0.15, 0.2) is 53.7 Å². The van der Waals surface area contributed by atoms with Crippen molar-refractivity contribution in [3.05, 3.63) is 69.5 Å². The molecule has 0 spiro atoms.